The lowest BCUT2D eigenvalue weighted by Gasteiger charge is -2.12. The van der Waals surface area contributed by atoms with Crippen LogP contribution in [0, 0.1) is 11.3 Å². The normalized spacial score (nSPS) is 10.6. The van der Waals surface area contributed by atoms with Crippen LogP contribution in [0.2, 0.25) is 0 Å². The molecule has 2 heterocycles. The molecule has 0 bridgehead atoms. The number of anilines is 1. The van der Waals surface area contributed by atoms with Gasteiger partial charge in [-0.2, -0.15) is 5.26 Å². The Hall–Kier alpha value is -3.65. The molecule has 1 N–H and O–H groups in total. The molecule has 0 atom stereocenters. The minimum atomic E-state index is 0.557. The van der Waals surface area contributed by atoms with Crippen molar-refractivity contribution in [1.82, 2.24) is 14.5 Å². The van der Waals surface area contributed by atoms with Crippen molar-refractivity contribution in [3.8, 4) is 6.07 Å². The van der Waals surface area contributed by atoms with E-state index in [0.717, 1.165) is 35.4 Å². The van der Waals surface area contributed by atoms with Gasteiger partial charge in [0.25, 0.3) is 0 Å². The Morgan fingerprint density at radius 1 is 1.00 bits per heavy atom. The molecule has 2 aromatic heterocycles. The molecule has 0 aliphatic heterocycles. The predicted octanol–water partition coefficient (Wildman–Crippen LogP) is 4.01. The summed E-state index contributed by atoms with van der Waals surface area (Å²) < 4.78 is 2.16. The standard InChI is InChI=1S/C22H19N5/c23-14-18-15-26-20-9-5-4-8-19(20)22(18)25-11-10-21-24-12-13-27(21)16-17-6-2-1-3-7-17/h1-9,12-13,15H,10-11,16H2,(H,25,26). The number of rotatable bonds is 6. The average Bonchev–Trinajstić information content (AvgIpc) is 3.15. The zero-order valence-corrected chi connectivity index (χ0v) is 14.8. The van der Waals surface area contributed by atoms with Crippen molar-refractivity contribution in [3.05, 3.63) is 90.1 Å². The van der Waals surface area contributed by atoms with Crippen molar-refractivity contribution >= 4 is 16.6 Å². The number of pyridine rings is 1. The topological polar surface area (TPSA) is 66.5 Å². The summed E-state index contributed by atoms with van der Waals surface area (Å²) in [5.41, 5.74) is 3.52. The SMILES string of the molecule is N#Cc1cnc2ccccc2c1NCCc1nccn1Cc1ccccc1. The van der Waals surface area contributed by atoms with Crippen molar-refractivity contribution in [3.63, 3.8) is 0 Å². The van der Waals surface area contributed by atoms with Gasteiger partial charge in [0, 0.05) is 43.5 Å². The number of nitrogens with one attached hydrogen (secondary N) is 1. The molecular weight excluding hydrogens is 334 g/mol. The van der Waals surface area contributed by atoms with Crippen LogP contribution in [-0.2, 0) is 13.0 Å². The Bertz CT molecular complexity index is 1090. The third kappa shape index (κ3) is 3.65. The largest absolute Gasteiger partial charge is 0.383 e. The van der Waals surface area contributed by atoms with E-state index >= 15 is 0 Å². The molecule has 4 aromatic rings. The number of fused-ring (bicyclic) bond motifs is 1. The van der Waals surface area contributed by atoms with Crippen LogP contribution in [0.5, 0.6) is 0 Å². The van der Waals surface area contributed by atoms with Gasteiger partial charge in [0.1, 0.15) is 11.9 Å². The lowest BCUT2D eigenvalue weighted by atomic mass is 10.1. The third-order valence-electron chi connectivity index (χ3n) is 4.54. The maximum atomic E-state index is 9.42. The van der Waals surface area contributed by atoms with Gasteiger partial charge in [0.2, 0.25) is 0 Å². The van der Waals surface area contributed by atoms with E-state index < -0.39 is 0 Å². The zero-order valence-electron chi connectivity index (χ0n) is 14.8. The van der Waals surface area contributed by atoms with Gasteiger partial charge in [-0.1, -0.05) is 48.5 Å². The summed E-state index contributed by atoms with van der Waals surface area (Å²) in [6, 6.07) is 20.4. The van der Waals surface area contributed by atoms with Crippen molar-refractivity contribution < 1.29 is 0 Å². The molecule has 0 unspecified atom stereocenters. The van der Waals surface area contributed by atoms with Gasteiger partial charge in [-0.3, -0.25) is 4.98 Å². The van der Waals surface area contributed by atoms with Gasteiger partial charge in [-0.25, -0.2) is 4.98 Å². The lowest BCUT2D eigenvalue weighted by molar-refractivity contribution is 0.723. The molecular formula is C22H19N5. The van der Waals surface area contributed by atoms with Crippen LogP contribution >= 0.6 is 0 Å². The molecule has 2 aromatic carbocycles. The monoisotopic (exact) mass is 353 g/mol. The first kappa shape index (κ1) is 16.8. The van der Waals surface area contributed by atoms with Gasteiger partial charge in [-0.15, -0.1) is 0 Å². The maximum absolute atomic E-state index is 9.42. The third-order valence-corrected chi connectivity index (χ3v) is 4.54. The highest BCUT2D eigenvalue weighted by Crippen LogP contribution is 2.25. The number of benzene rings is 2. The number of nitriles is 1. The Kier molecular flexibility index (Phi) is 4.80. The fourth-order valence-electron chi connectivity index (χ4n) is 3.21. The Morgan fingerprint density at radius 3 is 2.67 bits per heavy atom. The average molecular weight is 353 g/mol. The van der Waals surface area contributed by atoms with Gasteiger partial charge in [-0.05, 0) is 11.6 Å². The molecule has 0 spiro atoms. The van der Waals surface area contributed by atoms with E-state index in [2.05, 4.69) is 38.1 Å². The minimum absolute atomic E-state index is 0.557. The molecule has 5 heteroatoms. The van der Waals surface area contributed by atoms with Crippen molar-refractivity contribution in [2.45, 2.75) is 13.0 Å². The van der Waals surface area contributed by atoms with E-state index in [1.165, 1.54) is 5.56 Å². The first-order chi connectivity index (χ1) is 13.3. The fraction of sp³-hybridized carbons (Fsp3) is 0.136. The minimum Gasteiger partial charge on any atom is -0.383 e. The predicted molar refractivity (Wildman–Crippen MR) is 106 cm³/mol. The molecule has 0 aliphatic carbocycles. The van der Waals surface area contributed by atoms with Gasteiger partial charge >= 0.3 is 0 Å². The van der Waals surface area contributed by atoms with Gasteiger partial charge in [0.15, 0.2) is 0 Å². The van der Waals surface area contributed by atoms with E-state index in [1.807, 2.05) is 54.9 Å². The molecule has 5 nitrogen and oxygen atoms in total. The summed E-state index contributed by atoms with van der Waals surface area (Å²) in [6.07, 6.45) is 6.23. The highest BCUT2D eigenvalue weighted by molar-refractivity contribution is 5.93. The molecule has 4 rings (SSSR count). The summed E-state index contributed by atoms with van der Waals surface area (Å²) in [7, 11) is 0. The van der Waals surface area contributed by atoms with Crippen molar-refractivity contribution in [1.29, 1.82) is 5.26 Å². The van der Waals surface area contributed by atoms with Crippen LogP contribution in [0.1, 0.15) is 17.0 Å². The number of aromatic nitrogens is 3. The number of nitrogens with zero attached hydrogens (tertiary/aromatic N) is 4. The van der Waals surface area contributed by atoms with Crippen molar-refractivity contribution in [2.75, 3.05) is 11.9 Å². The van der Waals surface area contributed by atoms with E-state index in [0.29, 0.717) is 12.1 Å². The molecule has 0 saturated heterocycles. The van der Waals surface area contributed by atoms with Gasteiger partial charge < -0.3 is 9.88 Å². The number of hydrogen-bond donors (Lipinski definition) is 1. The lowest BCUT2D eigenvalue weighted by Crippen LogP contribution is -2.12. The van der Waals surface area contributed by atoms with E-state index in [9.17, 15) is 5.26 Å². The highest BCUT2D eigenvalue weighted by atomic mass is 15.1. The smallest absolute Gasteiger partial charge is 0.110 e. The Labute approximate surface area is 157 Å². The second-order valence-corrected chi connectivity index (χ2v) is 6.31. The molecule has 27 heavy (non-hydrogen) atoms. The second-order valence-electron chi connectivity index (χ2n) is 6.31. The molecule has 0 fully saturated rings. The zero-order chi connectivity index (χ0) is 18.5. The van der Waals surface area contributed by atoms with Crippen LogP contribution in [0.25, 0.3) is 10.9 Å². The first-order valence-corrected chi connectivity index (χ1v) is 8.91. The quantitative estimate of drug-likeness (QED) is 0.569. The molecule has 0 saturated carbocycles. The van der Waals surface area contributed by atoms with E-state index in [4.69, 9.17) is 0 Å². The van der Waals surface area contributed by atoms with Crippen LogP contribution in [0.15, 0.2) is 73.2 Å². The summed E-state index contributed by atoms with van der Waals surface area (Å²) in [6.45, 7) is 1.49. The van der Waals surface area contributed by atoms with Crippen molar-refractivity contribution in [2.24, 2.45) is 0 Å². The van der Waals surface area contributed by atoms with E-state index in [1.54, 1.807) is 6.20 Å². The Morgan fingerprint density at radius 2 is 1.81 bits per heavy atom. The molecule has 0 aliphatic rings. The number of imidazole rings is 1. The van der Waals surface area contributed by atoms with Crippen LogP contribution in [0.4, 0.5) is 5.69 Å². The summed E-state index contributed by atoms with van der Waals surface area (Å²) >= 11 is 0. The summed E-state index contributed by atoms with van der Waals surface area (Å²) in [5, 5.41) is 13.8. The number of hydrogen-bond acceptors (Lipinski definition) is 4. The highest BCUT2D eigenvalue weighted by Gasteiger charge is 2.09. The van der Waals surface area contributed by atoms with Crippen LogP contribution < -0.4 is 5.32 Å². The summed E-state index contributed by atoms with van der Waals surface area (Å²) in [5.74, 6) is 1.02. The van der Waals surface area contributed by atoms with Crippen LogP contribution in [-0.4, -0.2) is 21.1 Å². The molecule has 0 radical (unpaired) electrons. The second kappa shape index (κ2) is 7.71. The molecule has 0 amide bonds. The van der Waals surface area contributed by atoms with E-state index in [-0.39, 0.29) is 0 Å². The Balaban J connectivity index is 1.49. The molecule has 132 valence electrons. The fourth-order valence-corrected chi connectivity index (χ4v) is 3.21. The first-order valence-electron chi connectivity index (χ1n) is 8.91. The van der Waals surface area contributed by atoms with Crippen LogP contribution in [0.3, 0.4) is 0 Å². The summed E-state index contributed by atoms with van der Waals surface area (Å²) in [4.78, 5) is 8.85. The van der Waals surface area contributed by atoms with Gasteiger partial charge in [0.05, 0.1) is 16.8 Å². The number of para-hydroxylation sites is 1. The maximum Gasteiger partial charge on any atom is 0.110 e.